The molecule has 2 N–H and O–H groups in total. The van der Waals surface area contributed by atoms with Gasteiger partial charge in [-0.1, -0.05) is 0 Å². The van der Waals surface area contributed by atoms with E-state index >= 15 is 0 Å². The Labute approximate surface area is 117 Å². The van der Waals surface area contributed by atoms with Crippen LogP contribution in [-0.2, 0) is 11.2 Å². The average molecular weight is 282 g/mol. The second kappa shape index (κ2) is 6.79. The van der Waals surface area contributed by atoms with Crippen LogP contribution in [0.4, 0.5) is 8.78 Å². The largest absolute Gasteiger partial charge is 0.352 e. The molecule has 0 saturated carbocycles. The van der Waals surface area contributed by atoms with Crippen molar-refractivity contribution in [2.45, 2.75) is 44.7 Å². The number of rotatable bonds is 4. The molecule has 0 bridgehead atoms. The molecule has 1 aromatic rings. The van der Waals surface area contributed by atoms with Gasteiger partial charge in [-0.05, 0) is 56.5 Å². The zero-order valence-electron chi connectivity index (χ0n) is 11.6. The first-order valence-electron chi connectivity index (χ1n) is 7.03. The number of piperidine rings is 1. The van der Waals surface area contributed by atoms with E-state index in [1.807, 2.05) is 6.92 Å². The lowest BCUT2D eigenvalue weighted by atomic mass is 9.99. The zero-order chi connectivity index (χ0) is 14.5. The summed E-state index contributed by atoms with van der Waals surface area (Å²) < 4.78 is 26.5. The first-order valence-corrected chi connectivity index (χ1v) is 7.03. The Morgan fingerprint density at radius 2 is 2.25 bits per heavy atom. The van der Waals surface area contributed by atoms with Crippen LogP contribution < -0.4 is 10.6 Å². The molecule has 1 fully saturated rings. The fourth-order valence-electron chi connectivity index (χ4n) is 2.50. The van der Waals surface area contributed by atoms with Crippen LogP contribution in [0.15, 0.2) is 18.2 Å². The van der Waals surface area contributed by atoms with Crippen LogP contribution in [0.3, 0.4) is 0 Å². The van der Waals surface area contributed by atoms with E-state index in [-0.39, 0.29) is 36.4 Å². The normalized spacial score (nSPS) is 22.6. The molecule has 5 heteroatoms. The Morgan fingerprint density at radius 3 is 3.00 bits per heavy atom. The molecule has 0 radical (unpaired) electrons. The SMILES string of the molecule is CC1NCCCC1NC(=O)CCc1cc(F)ccc1F. The van der Waals surface area contributed by atoms with Gasteiger partial charge in [0.1, 0.15) is 11.6 Å². The van der Waals surface area contributed by atoms with Gasteiger partial charge in [-0.3, -0.25) is 4.79 Å². The van der Waals surface area contributed by atoms with Crippen LogP contribution in [0.1, 0.15) is 31.7 Å². The van der Waals surface area contributed by atoms with Crippen molar-refractivity contribution in [3.05, 3.63) is 35.4 Å². The summed E-state index contributed by atoms with van der Waals surface area (Å²) in [5.41, 5.74) is 0.245. The summed E-state index contributed by atoms with van der Waals surface area (Å²) in [6.45, 7) is 3.01. The highest BCUT2D eigenvalue weighted by molar-refractivity contribution is 5.76. The first-order chi connectivity index (χ1) is 9.56. The number of carbonyl (C=O) groups excluding carboxylic acids is 1. The molecule has 2 rings (SSSR count). The third-order valence-corrected chi connectivity index (χ3v) is 3.74. The molecule has 20 heavy (non-hydrogen) atoms. The van der Waals surface area contributed by atoms with Crippen LogP contribution in [0.25, 0.3) is 0 Å². The second-order valence-corrected chi connectivity index (χ2v) is 5.29. The quantitative estimate of drug-likeness (QED) is 0.888. The van der Waals surface area contributed by atoms with Crippen molar-refractivity contribution >= 4 is 5.91 Å². The van der Waals surface area contributed by atoms with Gasteiger partial charge in [0.25, 0.3) is 0 Å². The van der Waals surface area contributed by atoms with Gasteiger partial charge < -0.3 is 10.6 Å². The number of nitrogens with one attached hydrogen (secondary N) is 2. The Balaban J connectivity index is 1.84. The maximum Gasteiger partial charge on any atom is 0.220 e. The van der Waals surface area contributed by atoms with Crippen molar-refractivity contribution in [1.82, 2.24) is 10.6 Å². The Morgan fingerprint density at radius 1 is 1.45 bits per heavy atom. The minimum Gasteiger partial charge on any atom is -0.352 e. The van der Waals surface area contributed by atoms with E-state index in [4.69, 9.17) is 0 Å². The van der Waals surface area contributed by atoms with Crippen LogP contribution in [0.2, 0.25) is 0 Å². The Kier molecular flexibility index (Phi) is 5.06. The van der Waals surface area contributed by atoms with E-state index in [2.05, 4.69) is 10.6 Å². The highest BCUT2D eigenvalue weighted by Crippen LogP contribution is 2.13. The fourth-order valence-corrected chi connectivity index (χ4v) is 2.50. The molecule has 1 saturated heterocycles. The van der Waals surface area contributed by atoms with Crippen molar-refractivity contribution in [2.24, 2.45) is 0 Å². The predicted octanol–water partition coefficient (Wildman–Crippen LogP) is 2.15. The van der Waals surface area contributed by atoms with E-state index < -0.39 is 11.6 Å². The molecule has 0 aliphatic carbocycles. The summed E-state index contributed by atoms with van der Waals surface area (Å²) in [4.78, 5) is 11.9. The molecule has 0 spiro atoms. The van der Waals surface area contributed by atoms with E-state index in [0.29, 0.717) is 0 Å². The summed E-state index contributed by atoms with van der Waals surface area (Å²) in [5.74, 6) is -1.06. The predicted molar refractivity (Wildman–Crippen MR) is 73.3 cm³/mol. The van der Waals surface area contributed by atoms with Gasteiger partial charge >= 0.3 is 0 Å². The second-order valence-electron chi connectivity index (χ2n) is 5.29. The molecule has 1 aliphatic rings. The molecule has 1 heterocycles. The van der Waals surface area contributed by atoms with Gasteiger partial charge in [0.2, 0.25) is 5.91 Å². The zero-order valence-corrected chi connectivity index (χ0v) is 11.6. The highest BCUT2D eigenvalue weighted by atomic mass is 19.1. The molecule has 1 aromatic carbocycles. The maximum absolute atomic E-state index is 13.4. The lowest BCUT2D eigenvalue weighted by Gasteiger charge is -2.30. The average Bonchev–Trinajstić information content (AvgIpc) is 2.42. The summed E-state index contributed by atoms with van der Waals surface area (Å²) >= 11 is 0. The van der Waals surface area contributed by atoms with E-state index in [1.54, 1.807) is 0 Å². The summed E-state index contributed by atoms with van der Waals surface area (Å²) in [6.07, 6.45) is 2.37. The van der Waals surface area contributed by atoms with Gasteiger partial charge in [-0.15, -0.1) is 0 Å². The minimum atomic E-state index is -0.480. The van der Waals surface area contributed by atoms with E-state index in [1.165, 1.54) is 0 Å². The van der Waals surface area contributed by atoms with Crippen LogP contribution in [-0.4, -0.2) is 24.5 Å². The molecule has 0 aromatic heterocycles. The molecule has 2 atom stereocenters. The van der Waals surface area contributed by atoms with Crippen molar-refractivity contribution in [3.63, 3.8) is 0 Å². The smallest absolute Gasteiger partial charge is 0.220 e. The molecule has 110 valence electrons. The third kappa shape index (κ3) is 4.00. The van der Waals surface area contributed by atoms with Gasteiger partial charge in [-0.25, -0.2) is 8.78 Å². The van der Waals surface area contributed by atoms with Gasteiger partial charge in [-0.2, -0.15) is 0 Å². The number of carbonyl (C=O) groups is 1. The Bertz CT molecular complexity index is 479. The van der Waals surface area contributed by atoms with Crippen molar-refractivity contribution in [3.8, 4) is 0 Å². The van der Waals surface area contributed by atoms with Crippen molar-refractivity contribution in [2.75, 3.05) is 6.54 Å². The topological polar surface area (TPSA) is 41.1 Å². The number of hydrogen-bond donors (Lipinski definition) is 2. The summed E-state index contributed by atoms with van der Waals surface area (Å²) in [5, 5.41) is 6.26. The number of aryl methyl sites for hydroxylation is 1. The standard InChI is InChI=1S/C15H20F2N2O/c1-10-14(3-2-8-18-10)19-15(20)7-4-11-9-12(16)5-6-13(11)17/h5-6,9-10,14,18H,2-4,7-8H2,1H3,(H,19,20). The maximum atomic E-state index is 13.4. The summed E-state index contributed by atoms with van der Waals surface area (Å²) in [6, 6.07) is 3.68. The van der Waals surface area contributed by atoms with E-state index in [9.17, 15) is 13.6 Å². The third-order valence-electron chi connectivity index (χ3n) is 3.74. The monoisotopic (exact) mass is 282 g/mol. The first kappa shape index (κ1) is 14.9. The fraction of sp³-hybridized carbons (Fsp3) is 0.533. The number of amides is 1. The van der Waals surface area contributed by atoms with Crippen molar-refractivity contribution < 1.29 is 13.6 Å². The number of benzene rings is 1. The van der Waals surface area contributed by atoms with E-state index in [0.717, 1.165) is 37.6 Å². The lowest BCUT2D eigenvalue weighted by molar-refractivity contribution is -0.122. The van der Waals surface area contributed by atoms with Gasteiger partial charge in [0.15, 0.2) is 0 Å². The van der Waals surface area contributed by atoms with Gasteiger partial charge in [0.05, 0.1) is 0 Å². The van der Waals surface area contributed by atoms with Gasteiger partial charge in [0, 0.05) is 18.5 Å². The number of hydrogen-bond acceptors (Lipinski definition) is 2. The van der Waals surface area contributed by atoms with Crippen LogP contribution in [0, 0.1) is 11.6 Å². The van der Waals surface area contributed by atoms with Crippen molar-refractivity contribution in [1.29, 1.82) is 0 Å². The highest BCUT2D eigenvalue weighted by Gasteiger charge is 2.22. The molecule has 1 aliphatic heterocycles. The Hall–Kier alpha value is -1.49. The number of halogens is 2. The molecular formula is C15H20F2N2O. The molecule has 2 unspecified atom stereocenters. The molecule has 3 nitrogen and oxygen atoms in total. The summed E-state index contributed by atoms with van der Waals surface area (Å²) in [7, 11) is 0. The molecule has 1 amide bonds. The van der Waals surface area contributed by atoms with Crippen LogP contribution in [0.5, 0.6) is 0 Å². The van der Waals surface area contributed by atoms with Crippen LogP contribution >= 0.6 is 0 Å². The lowest BCUT2D eigenvalue weighted by Crippen LogP contribution is -2.51. The minimum absolute atomic E-state index is 0.116. The molecular weight excluding hydrogens is 262 g/mol.